The smallest absolute Gasteiger partial charge is 0.244 e. The van der Waals surface area contributed by atoms with Gasteiger partial charge in [-0.15, -0.1) is 0 Å². The second kappa shape index (κ2) is 13.0. The molecule has 186 valence electrons. The molecular weight excluding hydrogens is 442 g/mol. The molecule has 0 saturated carbocycles. The molecule has 0 bridgehead atoms. The number of aliphatic hydroxyl groups is 2. The molecule has 2 aliphatic rings. The summed E-state index contributed by atoms with van der Waals surface area (Å²) in [5, 5.41) is 24.1. The lowest BCUT2D eigenvalue weighted by atomic mass is 9.92. The molecule has 1 aliphatic heterocycles. The maximum absolute atomic E-state index is 13.0. The molecule has 3 N–H and O–H groups in total. The van der Waals surface area contributed by atoms with Gasteiger partial charge in [-0.2, -0.15) is 0 Å². The van der Waals surface area contributed by atoms with Crippen molar-refractivity contribution in [3.8, 4) is 0 Å². The van der Waals surface area contributed by atoms with E-state index in [1.54, 1.807) is 12.2 Å². The predicted molar refractivity (Wildman–Crippen MR) is 137 cm³/mol. The van der Waals surface area contributed by atoms with Gasteiger partial charge in [0.2, 0.25) is 5.91 Å². The SMILES string of the molecule is CO[C@@H]1C[C@@H]2/C=C(C)/C=C/C=C\C(=O)N[C@H](c3ccccc3)C/C=C/CC[C@H](O)CC(=O)C2=C1O. The van der Waals surface area contributed by atoms with Crippen molar-refractivity contribution in [3.05, 3.63) is 95.3 Å². The number of hydrogen-bond donors (Lipinski definition) is 3. The highest BCUT2D eigenvalue weighted by molar-refractivity contribution is 5.97. The minimum Gasteiger partial charge on any atom is -0.509 e. The van der Waals surface area contributed by atoms with E-state index in [0.717, 1.165) is 11.1 Å². The van der Waals surface area contributed by atoms with E-state index in [1.165, 1.54) is 13.2 Å². The standard InChI is InChI=1S/C29H35NO5/c1-20-11-9-10-16-27(33)30-24(21-12-5-3-6-13-21)15-8-4-7-14-23(31)19-25(32)28-22(17-20)18-26(35-2)29(28)34/h3-6,8-13,16-17,22-24,26,31,34H,7,14-15,18-19H2,1-2H3,(H,30,33)/b8-4+,11-9+,16-10-,20-17+/t22-,23-,24-,26+/m0/s1. The van der Waals surface area contributed by atoms with Crippen molar-refractivity contribution in [2.75, 3.05) is 7.11 Å². The zero-order chi connectivity index (χ0) is 25.2. The average molecular weight is 478 g/mol. The van der Waals surface area contributed by atoms with Gasteiger partial charge in [-0.3, -0.25) is 9.59 Å². The third kappa shape index (κ3) is 7.64. The lowest BCUT2D eigenvalue weighted by molar-refractivity contribution is -0.118. The van der Waals surface area contributed by atoms with Crippen LogP contribution < -0.4 is 5.32 Å². The third-order valence-electron chi connectivity index (χ3n) is 6.33. The fourth-order valence-electron chi connectivity index (χ4n) is 4.50. The van der Waals surface area contributed by atoms with Gasteiger partial charge in [0.15, 0.2) is 5.78 Å². The largest absolute Gasteiger partial charge is 0.509 e. The van der Waals surface area contributed by atoms with Crippen molar-refractivity contribution in [3.63, 3.8) is 0 Å². The summed E-state index contributed by atoms with van der Waals surface area (Å²) >= 11 is 0. The zero-order valence-corrected chi connectivity index (χ0v) is 20.4. The first kappa shape index (κ1) is 26.4. The number of nitrogens with one attached hydrogen (secondary N) is 1. The number of carbonyl (C=O) groups is 2. The maximum Gasteiger partial charge on any atom is 0.244 e. The lowest BCUT2D eigenvalue weighted by Crippen LogP contribution is -2.26. The Morgan fingerprint density at radius 2 is 1.80 bits per heavy atom. The number of ether oxygens (including phenoxy) is 1. The molecule has 1 aromatic carbocycles. The first-order valence-corrected chi connectivity index (χ1v) is 12.1. The van der Waals surface area contributed by atoms with Crippen molar-refractivity contribution in [1.29, 1.82) is 0 Å². The Bertz CT molecular complexity index is 1030. The Morgan fingerprint density at radius 1 is 1.06 bits per heavy atom. The molecule has 0 saturated heterocycles. The van der Waals surface area contributed by atoms with Gasteiger partial charge in [0, 0.05) is 31.1 Å². The molecular formula is C29H35NO5. The molecule has 0 fully saturated rings. The zero-order valence-electron chi connectivity index (χ0n) is 20.4. The van der Waals surface area contributed by atoms with Crippen LogP contribution >= 0.6 is 0 Å². The van der Waals surface area contributed by atoms with Gasteiger partial charge >= 0.3 is 0 Å². The van der Waals surface area contributed by atoms with Crippen LogP contribution in [0.5, 0.6) is 0 Å². The van der Waals surface area contributed by atoms with Crippen LogP contribution in [0.15, 0.2) is 89.8 Å². The maximum atomic E-state index is 13.0. The number of carbonyl (C=O) groups excluding carboxylic acids is 2. The Kier molecular flexibility index (Phi) is 9.82. The molecule has 3 rings (SSSR count). The van der Waals surface area contributed by atoms with Crippen LogP contribution in [0.2, 0.25) is 0 Å². The van der Waals surface area contributed by atoms with Gasteiger partial charge in [-0.1, -0.05) is 72.4 Å². The number of amides is 1. The summed E-state index contributed by atoms with van der Waals surface area (Å²) in [6.07, 6.45) is 13.4. The molecule has 6 heteroatoms. The Labute approximate surface area is 207 Å². The van der Waals surface area contributed by atoms with Crippen LogP contribution in [0.4, 0.5) is 0 Å². The monoisotopic (exact) mass is 477 g/mol. The summed E-state index contributed by atoms with van der Waals surface area (Å²) < 4.78 is 5.35. The number of ketones is 1. The Hall–Kier alpha value is -3.22. The van der Waals surface area contributed by atoms with Crippen molar-refractivity contribution < 1.29 is 24.5 Å². The van der Waals surface area contributed by atoms with E-state index < -0.39 is 12.2 Å². The summed E-state index contributed by atoms with van der Waals surface area (Å²) in [6.45, 7) is 1.90. The van der Waals surface area contributed by atoms with E-state index in [4.69, 9.17) is 4.74 Å². The van der Waals surface area contributed by atoms with E-state index >= 15 is 0 Å². The second-order valence-electron chi connectivity index (χ2n) is 9.03. The van der Waals surface area contributed by atoms with Gasteiger partial charge in [-0.05, 0) is 38.2 Å². The first-order chi connectivity index (χ1) is 16.9. The lowest BCUT2D eigenvalue weighted by Gasteiger charge is -2.17. The quantitative estimate of drug-likeness (QED) is 0.532. The molecule has 0 aromatic heterocycles. The summed E-state index contributed by atoms with van der Waals surface area (Å²) in [5.41, 5.74) is 2.22. The molecule has 1 heterocycles. The second-order valence-corrected chi connectivity index (χ2v) is 9.03. The molecule has 1 aliphatic carbocycles. The van der Waals surface area contributed by atoms with E-state index in [0.29, 0.717) is 31.3 Å². The summed E-state index contributed by atoms with van der Waals surface area (Å²) in [5.74, 6) is -0.790. The number of benzene rings is 1. The summed E-state index contributed by atoms with van der Waals surface area (Å²) in [7, 11) is 1.51. The predicted octanol–water partition coefficient (Wildman–Crippen LogP) is 4.81. The van der Waals surface area contributed by atoms with Gasteiger partial charge in [0.1, 0.15) is 11.9 Å². The highest BCUT2D eigenvalue weighted by Crippen LogP contribution is 2.36. The van der Waals surface area contributed by atoms with Crippen LogP contribution in [-0.2, 0) is 14.3 Å². The number of methoxy groups -OCH3 is 1. The number of aliphatic hydroxyl groups excluding tert-OH is 2. The fourth-order valence-corrected chi connectivity index (χ4v) is 4.50. The van der Waals surface area contributed by atoms with Gasteiger partial charge in [0.25, 0.3) is 0 Å². The molecule has 0 unspecified atom stereocenters. The summed E-state index contributed by atoms with van der Waals surface area (Å²) in [6, 6.07) is 9.61. The highest BCUT2D eigenvalue weighted by atomic mass is 16.5. The minimum absolute atomic E-state index is 0.0444. The molecule has 6 nitrogen and oxygen atoms in total. The van der Waals surface area contributed by atoms with E-state index in [9.17, 15) is 19.8 Å². The van der Waals surface area contributed by atoms with Crippen LogP contribution in [0.1, 0.15) is 50.6 Å². The Balaban J connectivity index is 1.84. The van der Waals surface area contributed by atoms with Crippen molar-refractivity contribution in [2.45, 2.75) is 57.3 Å². The van der Waals surface area contributed by atoms with Crippen LogP contribution in [0, 0.1) is 5.92 Å². The number of hydrogen-bond acceptors (Lipinski definition) is 5. The van der Waals surface area contributed by atoms with Crippen LogP contribution in [0.3, 0.4) is 0 Å². The van der Waals surface area contributed by atoms with E-state index in [-0.39, 0.29) is 35.8 Å². The molecule has 0 spiro atoms. The normalized spacial score (nSPS) is 31.2. The van der Waals surface area contributed by atoms with Gasteiger partial charge in [-0.25, -0.2) is 0 Å². The van der Waals surface area contributed by atoms with Gasteiger partial charge < -0.3 is 20.3 Å². The average Bonchev–Trinajstić information content (AvgIpc) is 3.15. The first-order valence-electron chi connectivity index (χ1n) is 12.1. The number of rotatable bonds is 2. The van der Waals surface area contributed by atoms with Crippen molar-refractivity contribution in [2.24, 2.45) is 5.92 Å². The van der Waals surface area contributed by atoms with Crippen LogP contribution in [-0.4, -0.2) is 41.2 Å². The topological polar surface area (TPSA) is 95.9 Å². The molecule has 0 radical (unpaired) electrons. The summed E-state index contributed by atoms with van der Waals surface area (Å²) in [4.78, 5) is 25.5. The number of Topliss-reactive ketones (excluding diaryl/α,β-unsaturated/α-hetero) is 1. The van der Waals surface area contributed by atoms with Crippen LogP contribution in [0.25, 0.3) is 0 Å². The Morgan fingerprint density at radius 3 is 2.54 bits per heavy atom. The molecule has 1 amide bonds. The number of allylic oxidation sites excluding steroid dienone is 7. The molecule has 1 aromatic rings. The van der Waals surface area contributed by atoms with Crippen molar-refractivity contribution in [1.82, 2.24) is 5.32 Å². The van der Waals surface area contributed by atoms with E-state index in [1.807, 2.05) is 61.6 Å². The highest BCUT2D eigenvalue weighted by Gasteiger charge is 2.36. The van der Waals surface area contributed by atoms with E-state index in [2.05, 4.69) is 5.32 Å². The molecule has 35 heavy (non-hydrogen) atoms. The van der Waals surface area contributed by atoms with Gasteiger partial charge in [0.05, 0.1) is 12.1 Å². The van der Waals surface area contributed by atoms with Crippen molar-refractivity contribution >= 4 is 11.7 Å². The minimum atomic E-state index is -0.810. The molecule has 4 atom stereocenters. The fraction of sp³-hybridized carbons (Fsp3) is 0.379. The number of fused-ring (bicyclic) bond motifs is 1. The third-order valence-corrected chi connectivity index (χ3v) is 6.33.